The summed E-state index contributed by atoms with van der Waals surface area (Å²) in [5.74, 6) is 1.41. The highest BCUT2D eigenvalue weighted by atomic mass is 16.5. The number of hydrogen-bond donors (Lipinski definition) is 1. The maximum absolute atomic E-state index is 12.4. The van der Waals surface area contributed by atoms with E-state index in [1.54, 1.807) is 37.3 Å². The van der Waals surface area contributed by atoms with Crippen LogP contribution in [-0.4, -0.2) is 38.6 Å². The Morgan fingerprint density at radius 3 is 2.67 bits per heavy atom. The maximum atomic E-state index is 12.4. The first-order chi connectivity index (χ1) is 11.5. The Kier molecular flexibility index (Phi) is 4.64. The van der Waals surface area contributed by atoms with E-state index in [0.29, 0.717) is 29.6 Å². The fraction of sp³-hybridized carbons (Fsp3) is 0.556. The molecule has 6 nitrogen and oxygen atoms in total. The molecule has 2 fully saturated rings. The van der Waals surface area contributed by atoms with E-state index in [2.05, 4.69) is 5.32 Å². The van der Waals surface area contributed by atoms with Crippen LogP contribution in [0.3, 0.4) is 0 Å². The van der Waals surface area contributed by atoms with Gasteiger partial charge in [0, 0.05) is 25.1 Å². The second-order valence-electron chi connectivity index (χ2n) is 6.58. The highest BCUT2D eigenvalue weighted by Crippen LogP contribution is 2.36. The topological polar surface area (TPSA) is 67.9 Å². The van der Waals surface area contributed by atoms with Crippen LogP contribution in [0.2, 0.25) is 0 Å². The van der Waals surface area contributed by atoms with Gasteiger partial charge in [-0.05, 0) is 37.8 Å². The Morgan fingerprint density at radius 1 is 1.29 bits per heavy atom. The van der Waals surface area contributed by atoms with Crippen LogP contribution in [0.1, 0.15) is 26.2 Å². The zero-order chi connectivity index (χ0) is 17.3. The lowest BCUT2D eigenvalue weighted by molar-refractivity contribution is -0.127. The van der Waals surface area contributed by atoms with Crippen LogP contribution in [0.5, 0.6) is 11.5 Å². The molecule has 24 heavy (non-hydrogen) atoms. The lowest BCUT2D eigenvalue weighted by atomic mass is 10.1. The SMILES string of the molecule is COc1ccc(OC)c(N2C[C@H](C(=O)N[C@H](C)C3CC3)CC2=O)c1. The van der Waals surface area contributed by atoms with Gasteiger partial charge in [-0.15, -0.1) is 0 Å². The molecule has 0 unspecified atom stereocenters. The summed E-state index contributed by atoms with van der Waals surface area (Å²) in [4.78, 5) is 26.5. The average molecular weight is 332 g/mol. The number of methoxy groups -OCH3 is 2. The smallest absolute Gasteiger partial charge is 0.227 e. The van der Waals surface area contributed by atoms with Crippen molar-refractivity contribution in [3.8, 4) is 11.5 Å². The largest absolute Gasteiger partial charge is 0.497 e. The normalized spacial score (nSPS) is 21.5. The van der Waals surface area contributed by atoms with Gasteiger partial charge in [-0.1, -0.05) is 0 Å². The van der Waals surface area contributed by atoms with Crippen LogP contribution >= 0.6 is 0 Å². The summed E-state index contributed by atoms with van der Waals surface area (Å²) in [6.07, 6.45) is 2.58. The molecule has 0 aromatic heterocycles. The van der Waals surface area contributed by atoms with Crippen molar-refractivity contribution >= 4 is 17.5 Å². The number of ether oxygens (including phenoxy) is 2. The number of carbonyl (C=O) groups excluding carboxylic acids is 2. The zero-order valence-electron chi connectivity index (χ0n) is 14.4. The van der Waals surface area contributed by atoms with E-state index in [0.717, 1.165) is 0 Å². The highest BCUT2D eigenvalue weighted by Gasteiger charge is 2.38. The maximum Gasteiger partial charge on any atom is 0.227 e. The van der Waals surface area contributed by atoms with E-state index in [1.807, 2.05) is 6.92 Å². The van der Waals surface area contributed by atoms with Gasteiger partial charge in [0.05, 0.1) is 25.8 Å². The highest BCUT2D eigenvalue weighted by molar-refractivity contribution is 6.01. The molecule has 1 aromatic rings. The molecule has 1 aromatic carbocycles. The summed E-state index contributed by atoms with van der Waals surface area (Å²) in [5.41, 5.74) is 0.646. The summed E-state index contributed by atoms with van der Waals surface area (Å²) in [6, 6.07) is 5.51. The second kappa shape index (κ2) is 6.71. The van der Waals surface area contributed by atoms with Crippen molar-refractivity contribution in [2.24, 2.45) is 11.8 Å². The lowest BCUT2D eigenvalue weighted by Crippen LogP contribution is -2.39. The molecule has 0 radical (unpaired) electrons. The van der Waals surface area contributed by atoms with Crippen LogP contribution < -0.4 is 19.7 Å². The molecule has 0 spiro atoms. The summed E-state index contributed by atoms with van der Waals surface area (Å²) in [5, 5.41) is 3.05. The third kappa shape index (κ3) is 3.32. The quantitative estimate of drug-likeness (QED) is 0.865. The number of amides is 2. The first-order valence-electron chi connectivity index (χ1n) is 8.36. The van der Waals surface area contributed by atoms with Crippen molar-refractivity contribution in [1.82, 2.24) is 5.32 Å². The molecule has 1 saturated carbocycles. The number of nitrogens with zero attached hydrogens (tertiary/aromatic N) is 1. The van der Waals surface area contributed by atoms with E-state index < -0.39 is 0 Å². The van der Waals surface area contributed by atoms with E-state index in [1.165, 1.54) is 12.8 Å². The van der Waals surface area contributed by atoms with Crippen LogP contribution in [-0.2, 0) is 9.59 Å². The molecular weight excluding hydrogens is 308 g/mol. The van der Waals surface area contributed by atoms with Crippen molar-refractivity contribution in [2.75, 3.05) is 25.7 Å². The van der Waals surface area contributed by atoms with Gasteiger partial charge in [0.1, 0.15) is 11.5 Å². The molecule has 130 valence electrons. The number of hydrogen-bond acceptors (Lipinski definition) is 4. The molecule has 3 rings (SSSR count). The third-order valence-electron chi connectivity index (χ3n) is 4.87. The van der Waals surface area contributed by atoms with Crippen molar-refractivity contribution in [1.29, 1.82) is 0 Å². The van der Waals surface area contributed by atoms with Crippen molar-refractivity contribution in [3.05, 3.63) is 18.2 Å². The molecule has 1 N–H and O–H groups in total. The first-order valence-corrected chi connectivity index (χ1v) is 8.36. The summed E-state index contributed by atoms with van der Waals surface area (Å²) >= 11 is 0. The fourth-order valence-corrected chi connectivity index (χ4v) is 3.18. The summed E-state index contributed by atoms with van der Waals surface area (Å²) < 4.78 is 10.6. The number of benzene rings is 1. The van der Waals surface area contributed by atoms with Crippen molar-refractivity contribution < 1.29 is 19.1 Å². The molecular formula is C18H24N2O4. The minimum atomic E-state index is -0.324. The molecule has 2 aliphatic rings. The molecule has 1 saturated heterocycles. The Balaban J connectivity index is 1.73. The van der Waals surface area contributed by atoms with Gasteiger partial charge in [0.2, 0.25) is 11.8 Å². The predicted octanol–water partition coefficient (Wildman–Crippen LogP) is 1.97. The van der Waals surface area contributed by atoms with Crippen LogP contribution in [0, 0.1) is 11.8 Å². The van der Waals surface area contributed by atoms with Gasteiger partial charge >= 0.3 is 0 Å². The predicted molar refractivity (Wildman–Crippen MR) is 90.3 cm³/mol. The van der Waals surface area contributed by atoms with Gasteiger partial charge < -0.3 is 19.7 Å². The van der Waals surface area contributed by atoms with E-state index in [9.17, 15) is 9.59 Å². The summed E-state index contributed by atoms with van der Waals surface area (Å²) in [6.45, 7) is 2.40. The number of carbonyl (C=O) groups is 2. The molecule has 1 heterocycles. The lowest BCUT2D eigenvalue weighted by Gasteiger charge is -2.21. The molecule has 2 atom stereocenters. The van der Waals surface area contributed by atoms with Gasteiger partial charge in [-0.2, -0.15) is 0 Å². The monoisotopic (exact) mass is 332 g/mol. The van der Waals surface area contributed by atoms with Crippen LogP contribution in [0.15, 0.2) is 18.2 Å². The van der Waals surface area contributed by atoms with Crippen LogP contribution in [0.25, 0.3) is 0 Å². The number of nitrogens with one attached hydrogen (secondary N) is 1. The van der Waals surface area contributed by atoms with E-state index in [4.69, 9.17) is 9.47 Å². The van der Waals surface area contributed by atoms with Gasteiger partial charge in [0.25, 0.3) is 0 Å². The molecule has 1 aliphatic heterocycles. The fourth-order valence-electron chi connectivity index (χ4n) is 3.18. The Morgan fingerprint density at radius 2 is 2.04 bits per heavy atom. The standard InChI is InChI=1S/C18H24N2O4/c1-11(12-4-5-12)19-18(22)13-8-17(21)20(10-13)15-9-14(23-2)6-7-16(15)24-3/h6-7,9,11-13H,4-5,8,10H2,1-3H3,(H,19,22)/t11-,13-/m1/s1. The first kappa shape index (κ1) is 16.6. The molecule has 1 aliphatic carbocycles. The van der Waals surface area contributed by atoms with Gasteiger partial charge in [0.15, 0.2) is 0 Å². The minimum absolute atomic E-state index is 0.0351. The Bertz CT molecular complexity index is 642. The van der Waals surface area contributed by atoms with Gasteiger partial charge in [-0.25, -0.2) is 0 Å². The minimum Gasteiger partial charge on any atom is -0.497 e. The molecule has 0 bridgehead atoms. The van der Waals surface area contributed by atoms with Crippen LogP contribution in [0.4, 0.5) is 5.69 Å². The van der Waals surface area contributed by atoms with Crippen molar-refractivity contribution in [3.63, 3.8) is 0 Å². The van der Waals surface area contributed by atoms with Gasteiger partial charge in [-0.3, -0.25) is 9.59 Å². The number of rotatable bonds is 6. The summed E-state index contributed by atoms with van der Waals surface area (Å²) in [7, 11) is 3.14. The Hall–Kier alpha value is -2.24. The third-order valence-corrected chi connectivity index (χ3v) is 4.87. The van der Waals surface area contributed by atoms with E-state index in [-0.39, 0.29) is 30.2 Å². The van der Waals surface area contributed by atoms with E-state index >= 15 is 0 Å². The molecule has 6 heteroatoms. The average Bonchev–Trinajstić information content (AvgIpc) is 3.36. The second-order valence-corrected chi connectivity index (χ2v) is 6.58. The van der Waals surface area contributed by atoms with Crippen molar-refractivity contribution in [2.45, 2.75) is 32.2 Å². The zero-order valence-corrected chi connectivity index (χ0v) is 14.4. The Labute approximate surface area is 142 Å². The molecule has 2 amide bonds. The number of anilines is 1.